The molecule has 2 N–H and O–H groups in total. The van der Waals surface area contributed by atoms with Gasteiger partial charge in [-0.05, 0) is 6.07 Å². The second-order valence-corrected chi connectivity index (χ2v) is 6.36. The molecule has 1 saturated heterocycles. The van der Waals surface area contributed by atoms with E-state index < -0.39 is 11.7 Å². The van der Waals surface area contributed by atoms with Crippen molar-refractivity contribution in [2.75, 3.05) is 31.1 Å². The Labute approximate surface area is 151 Å². The molecule has 2 aliphatic rings. The molecule has 2 amide bonds. The zero-order valence-electron chi connectivity index (χ0n) is 13.6. The SMILES string of the molecule is O=C1CCC(C(=O)N2CCN(c3[nH+]cc(C(F)(F)F)cc3Cl)CC2)=NN1. The highest BCUT2D eigenvalue weighted by atomic mass is 35.5. The Kier molecular flexibility index (Phi) is 5.03. The number of rotatable bonds is 2. The monoisotopic (exact) mass is 390 g/mol. The lowest BCUT2D eigenvalue weighted by Gasteiger charge is -2.31. The van der Waals surface area contributed by atoms with E-state index in [4.69, 9.17) is 11.6 Å². The van der Waals surface area contributed by atoms with Crippen molar-refractivity contribution in [3.05, 3.63) is 22.8 Å². The molecule has 0 bridgehead atoms. The molecule has 1 aromatic heterocycles. The molecule has 1 aromatic rings. The third-order valence-electron chi connectivity index (χ3n) is 4.23. The van der Waals surface area contributed by atoms with Gasteiger partial charge in [-0.25, -0.2) is 10.4 Å². The van der Waals surface area contributed by atoms with Crippen LogP contribution in [-0.2, 0) is 15.8 Å². The Morgan fingerprint density at radius 1 is 1.23 bits per heavy atom. The van der Waals surface area contributed by atoms with Gasteiger partial charge in [-0.1, -0.05) is 11.6 Å². The summed E-state index contributed by atoms with van der Waals surface area (Å²) in [4.78, 5) is 29.5. The molecule has 26 heavy (non-hydrogen) atoms. The van der Waals surface area contributed by atoms with Gasteiger partial charge in [0.1, 0.15) is 30.0 Å². The summed E-state index contributed by atoms with van der Waals surface area (Å²) in [6.45, 7) is 1.56. The summed E-state index contributed by atoms with van der Waals surface area (Å²) in [6.07, 6.45) is -3.08. The topological polar surface area (TPSA) is 79.2 Å². The summed E-state index contributed by atoms with van der Waals surface area (Å²) in [5.74, 6) is -0.0833. The molecule has 0 radical (unpaired) electrons. The number of anilines is 1. The number of halogens is 4. The number of aromatic amines is 1. The van der Waals surface area contributed by atoms with Crippen LogP contribution < -0.4 is 15.3 Å². The van der Waals surface area contributed by atoms with Gasteiger partial charge >= 0.3 is 6.18 Å². The van der Waals surface area contributed by atoms with E-state index in [0.29, 0.717) is 44.1 Å². The number of amides is 2. The largest absolute Gasteiger partial charge is 0.419 e. The van der Waals surface area contributed by atoms with E-state index in [0.717, 1.165) is 12.3 Å². The number of hydrazone groups is 1. The molecular formula is C15H16ClF3N5O2+. The van der Waals surface area contributed by atoms with E-state index in [-0.39, 0.29) is 23.3 Å². The Morgan fingerprint density at radius 2 is 1.92 bits per heavy atom. The van der Waals surface area contributed by atoms with Crippen molar-refractivity contribution >= 4 is 34.9 Å². The maximum Gasteiger partial charge on any atom is 0.419 e. The first-order chi connectivity index (χ1) is 12.3. The van der Waals surface area contributed by atoms with E-state index in [1.165, 1.54) is 0 Å². The molecular weight excluding hydrogens is 375 g/mol. The van der Waals surface area contributed by atoms with Crippen LogP contribution in [0, 0.1) is 0 Å². The van der Waals surface area contributed by atoms with Crippen LogP contribution in [0.5, 0.6) is 0 Å². The van der Waals surface area contributed by atoms with Crippen LogP contribution in [0.15, 0.2) is 17.4 Å². The van der Waals surface area contributed by atoms with Crippen molar-refractivity contribution in [2.24, 2.45) is 5.10 Å². The molecule has 3 heterocycles. The molecule has 11 heteroatoms. The standard InChI is InChI=1S/C15H15ClF3N5O2/c16-10-7-9(15(17,18)19)8-20-13(10)23-3-5-24(6-4-23)14(26)11-1-2-12(25)22-21-11/h7-8H,1-6H2,(H,22,25)/p+1. The highest BCUT2D eigenvalue weighted by molar-refractivity contribution is 6.39. The van der Waals surface area contributed by atoms with E-state index in [1.54, 1.807) is 9.80 Å². The van der Waals surface area contributed by atoms with E-state index in [9.17, 15) is 22.8 Å². The normalized spacial score (nSPS) is 18.5. The van der Waals surface area contributed by atoms with Gasteiger partial charge in [0.15, 0.2) is 0 Å². The molecule has 0 aliphatic carbocycles. The Hall–Kier alpha value is -2.36. The van der Waals surface area contributed by atoms with E-state index in [2.05, 4.69) is 15.5 Å². The molecule has 2 aliphatic heterocycles. The van der Waals surface area contributed by atoms with Crippen LogP contribution in [0.2, 0.25) is 5.02 Å². The number of carbonyl (C=O) groups is 2. The van der Waals surface area contributed by atoms with Crippen LogP contribution in [-0.4, -0.2) is 48.6 Å². The van der Waals surface area contributed by atoms with Crippen molar-refractivity contribution in [2.45, 2.75) is 19.0 Å². The fraction of sp³-hybridized carbons (Fsp3) is 0.467. The molecule has 0 atom stereocenters. The number of aromatic nitrogens is 1. The molecule has 0 unspecified atom stereocenters. The van der Waals surface area contributed by atoms with Gasteiger partial charge in [0.2, 0.25) is 5.91 Å². The van der Waals surface area contributed by atoms with Crippen LogP contribution in [0.1, 0.15) is 18.4 Å². The fourth-order valence-electron chi connectivity index (χ4n) is 2.81. The van der Waals surface area contributed by atoms with Crippen molar-refractivity contribution in [1.82, 2.24) is 10.3 Å². The highest BCUT2D eigenvalue weighted by Gasteiger charge is 2.35. The number of H-pyrrole nitrogens is 1. The van der Waals surface area contributed by atoms with Crippen molar-refractivity contribution in [3.63, 3.8) is 0 Å². The number of alkyl halides is 3. The quantitative estimate of drug-likeness (QED) is 0.821. The highest BCUT2D eigenvalue weighted by Crippen LogP contribution is 2.32. The van der Waals surface area contributed by atoms with E-state index >= 15 is 0 Å². The van der Waals surface area contributed by atoms with Gasteiger partial charge in [0.05, 0.1) is 18.7 Å². The number of pyridine rings is 1. The number of nitrogens with zero attached hydrogens (tertiary/aromatic N) is 3. The zero-order valence-corrected chi connectivity index (χ0v) is 14.3. The summed E-state index contributed by atoms with van der Waals surface area (Å²) in [5, 5.41) is 3.76. The van der Waals surface area contributed by atoms with E-state index in [1.807, 2.05) is 0 Å². The summed E-state index contributed by atoms with van der Waals surface area (Å²) in [5.41, 5.74) is 1.74. The van der Waals surface area contributed by atoms with Gasteiger partial charge in [-0.2, -0.15) is 18.3 Å². The first-order valence-corrected chi connectivity index (χ1v) is 8.31. The van der Waals surface area contributed by atoms with Gasteiger partial charge in [0.25, 0.3) is 11.7 Å². The maximum absolute atomic E-state index is 12.7. The van der Waals surface area contributed by atoms with Crippen molar-refractivity contribution in [3.8, 4) is 0 Å². The van der Waals surface area contributed by atoms with Gasteiger partial charge in [-0.15, -0.1) is 0 Å². The second kappa shape index (κ2) is 7.10. The molecule has 1 fully saturated rings. The Morgan fingerprint density at radius 3 is 2.46 bits per heavy atom. The number of piperazine rings is 1. The van der Waals surface area contributed by atoms with Crippen LogP contribution >= 0.6 is 11.6 Å². The average molecular weight is 391 g/mol. The lowest BCUT2D eigenvalue weighted by Crippen LogP contribution is -2.52. The predicted octanol–water partition coefficient (Wildman–Crippen LogP) is 1.09. The third kappa shape index (κ3) is 3.90. The van der Waals surface area contributed by atoms with Crippen LogP contribution in [0.3, 0.4) is 0 Å². The van der Waals surface area contributed by atoms with Crippen molar-refractivity contribution in [1.29, 1.82) is 0 Å². The zero-order chi connectivity index (χ0) is 18.9. The molecule has 0 aromatic carbocycles. The van der Waals surface area contributed by atoms with Crippen LogP contribution in [0.4, 0.5) is 19.0 Å². The smallest absolute Gasteiger partial charge is 0.330 e. The van der Waals surface area contributed by atoms with Crippen molar-refractivity contribution < 1.29 is 27.7 Å². The molecule has 0 spiro atoms. The maximum atomic E-state index is 12.7. The van der Waals surface area contributed by atoms with Gasteiger partial charge < -0.3 is 4.90 Å². The average Bonchev–Trinajstić information content (AvgIpc) is 2.61. The number of nitrogens with one attached hydrogen (secondary N) is 2. The first kappa shape index (κ1) is 18.4. The summed E-state index contributed by atoms with van der Waals surface area (Å²) in [7, 11) is 0. The van der Waals surface area contributed by atoms with Crippen LogP contribution in [0.25, 0.3) is 0 Å². The fourth-order valence-corrected chi connectivity index (χ4v) is 3.10. The Balaban J connectivity index is 1.64. The minimum absolute atomic E-state index is 0.0287. The lowest BCUT2D eigenvalue weighted by molar-refractivity contribution is -0.367. The first-order valence-electron chi connectivity index (χ1n) is 7.94. The number of hydrogen-bond donors (Lipinski definition) is 1. The minimum Gasteiger partial charge on any atom is -0.330 e. The number of carbonyl (C=O) groups excluding carboxylic acids is 2. The second-order valence-electron chi connectivity index (χ2n) is 5.96. The number of hydrogen-bond acceptors (Lipinski definition) is 4. The minimum atomic E-state index is -4.47. The van der Waals surface area contributed by atoms with Gasteiger partial charge in [0, 0.05) is 12.8 Å². The predicted molar refractivity (Wildman–Crippen MR) is 86.6 cm³/mol. The summed E-state index contributed by atoms with van der Waals surface area (Å²) in [6, 6.07) is 0.879. The molecule has 7 nitrogen and oxygen atoms in total. The van der Waals surface area contributed by atoms with Gasteiger partial charge in [-0.3, -0.25) is 14.5 Å². The molecule has 140 valence electrons. The molecule has 3 rings (SSSR count). The Bertz CT molecular complexity index is 760. The lowest BCUT2D eigenvalue weighted by atomic mass is 10.1. The summed E-state index contributed by atoms with van der Waals surface area (Å²) >= 11 is 5.99. The summed E-state index contributed by atoms with van der Waals surface area (Å²) < 4.78 is 38.1. The third-order valence-corrected chi connectivity index (χ3v) is 4.52. The molecule has 0 saturated carbocycles.